The minimum atomic E-state index is 0.0651. The van der Waals surface area contributed by atoms with Crippen molar-refractivity contribution < 1.29 is 4.74 Å². The summed E-state index contributed by atoms with van der Waals surface area (Å²) in [5, 5.41) is 3.49. The van der Waals surface area contributed by atoms with Gasteiger partial charge in [-0.1, -0.05) is 26.7 Å². The molecular weight excluding hydrogens is 198 g/mol. The first-order chi connectivity index (χ1) is 7.66. The molecule has 96 valence electrons. The van der Waals surface area contributed by atoms with Crippen LogP contribution in [0.1, 0.15) is 59.3 Å². The molecule has 0 spiro atoms. The van der Waals surface area contributed by atoms with Crippen molar-refractivity contribution in [2.24, 2.45) is 5.92 Å². The quantitative estimate of drug-likeness (QED) is 0.751. The first-order valence-electron chi connectivity index (χ1n) is 6.97. The molecule has 0 amide bonds. The molecule has 0 radical (unpaired) electrons. The summed E-state index contributed by atoms with van der Waals surface area (Å²) in [7, 11) is 2.08. The number of ether oxygens (including phenoxy) is 1. The maximum absolute atomic E-state index is 6.05. The van der Waals surface area contributed by atoms with Crippen molar-refractivity contribution in [1.29, 1.82) is 0 Å². The Kier molecular flexibility index (Phi) is 5.77. The molecule has 1 rings (SSSR count). The fourth-order valence-electron chi connectivity index (χ4n) is 2.86. The smallest absolute Gasteiger partial charge is 0.0806 e. The molecule has 0 aromatic heterocycles. The molecule has 2 nitrogen and oxygen atoms in total. The van der Waals surface area contributed by atoms with Gasteiger partial charge >= 0.3 is 0 Å². The van der Waals surface area contributed by atoms with E-state index in [0.29, 0.717) is 6.04 Å². The van der Waals surface area contributed by atoms with Crippen molar-refractivity contribution in [3.05, 3.63) is 0 Å². The van der Waals surface area contributed by atoms with Gasteiger partial charge in [0.25, 0.3) is 0 Å². The normalized spacial score (nSPS) is 28.3. The molecule has 0 saturated carbocycles. The van der Waals surface area contributed by atoms with Gasteiger partial charge in [-0.2, -0.15) is 0 Å². The van der Waals surface area contributed by atoms with Crippen LogP contribution in [0.2, 0.25) is 0 Å². The van der Waals surface area contributed by atoms with Gasteiger partial charge in [-0.25, -0.2) is 0 Å². The second-order valence-corrected chi connectivity index (χ2v) is 5.38. The Labute approximate surface area is 101 Å². The van der Waals surface area contributed by atoms with E-state index in [2.05, 4.69) is 33.1 Å². The Morgan fingerprint density at radius 1 is 1.25 bits per heavy atom. The standard InChI is InChI=1S/C14H29NO/c1-5-12(6-2)11-13(15-4)14(3)9-7-8-10-16-14/h12-13,15H,5-11H2,1-4H3. The molecular formula is C14H29NO. The summed E-state index contributed by atoms with van der Waals surface area (Å²) in [6.07, 6.45) is 7.57. The lowest BCUT2D eigenvalue weighted by molar-refractivity contribution is -0.0914. The molecule has 2 heteroatoms. The predicted octanol–water partition coefficient (Wildman–Crippen LogP) is 3.36. The molecule has 1 fully saturated rings. The van der Waals surface area contributed by atoms with E-state index in [-0.39, 0.29) is 5.60 Å². The summed E-state index contributed by atoms with van der Waals surface area (Å²) >= 11 is 0. The molecule has 2 atom stereocenters. The lowest BCUT2D eigenvalue weighted by Gasteiger charge is -2.41. The fourth-order valence-corrected chi connectivity index (χ4v) is 2.86. The number of nitrogens with one attached hydrogen (secondary N) is 1. The highest BCUT2D eigenvalue weighted by Crippen LogP contribution is 2.31. The van der Waals surface area contributed by atoms with E-state index in [4.69, 9.17) is 4.74 Å². The average Bonchev–Trinajstić information content (AvgIpc) is 2.31. The van der Waals surface area contributed by atoms with Crippen LogP contribution in [0.25, 0.3) is 0 Å². The highest BCUT2D eigenvalue weighted by atomic mass is 16.5. The van der Waals surface area contributed by atoms with Crippen LogP contribution >= 0.6 is 0 Å². The van der Waals surface area contributed by atoms with Crippen LogP contribution in [0.4, 0.5) is 0 Å². The maximum Gasteiger partial charge on any atom is 0.0806 e. The maximum atomic E-state index is 6.05. The van der Waals surface area contributed by atoms with Crippen LogP contribution < -0.4 is 5.32 Å². The molecule has 1 aliphatic heterocycles. The SMILES string of the molecule is CCC(CC)CC(NC)C1(C)CCCCO1. The predicted molar refractivity (Wildman–Crippen MR) is 69.7 cm³/mol. The van der Waals surface area contributed by atoms with Gasteiger partial charge in [0.2, 0.25) is 0 Å². The second-order valence-electron chi connectivity index (χ2n) is 5.38. The van der Waals surface area contributed by atoms with E-state index in [1.807, 2.05) is 0 Å². The van der Waals surface area contributed by atoms with Crippen LogP contribution in [-0.2, 0) is 4.74 Å². The Hall–Kier alpha value is -0.0800. The van der Waals surface area contributed by atoms with Gasteiger partial charge in [0.15, 0.2) is 0 Å². The van der Waals surface area contributed by atoms with Crippen molar-refractivity contribution in [2.75, 3.05) is 13.7 Å². The number of rotatable bonds is 6. The summed E-state index contributed by atoms with van der Waals surface area (Å²) in [6.45, 7) is 7.82. The summed E-state index contributed by atoms with van der Waals surface area (Å²) in [5.74, 6) is 0.833. The van der Waals surface area contributed by atoms with Gasteiger partial charge in [0.1, 0.15) is 0 Å². The lowest BCUT2D eigenvalue weighted by Crippen LogP contribution is -2.51. The molecule has 1 saturated heterocycles. The van der Waals surface area contributed by atoms with Gasteiger partial charge < -0.3 is 10.1 Å². The third kappa shape index (κ3) is 3.46. The van der Waals surface area contributed by atoms with Crippen molar-refractivity contribution in [2.45, 2.75) is 70.9 Å². The zero-order chi connectivity index (χ0) is 12.0. The highest BCUT2D eigenvalue weighted by molar-refractivity contribution is 4.91. The molecule has 1 heterocycles. The Balaban J connectivity index is 2.57. The Morgan fingerprint density at radius 3 is 2.38 bits per heavy atom. The van der Waals surface area contributed by atoms with Gasteiger partial charge in [-0.3, -0.25) is 0 Å². The Bertz CT molecular complexity index is 183. The van der Waals surface area contributed by atoms with Gasteiger partial charge in [-0.05, 0) is 45.6 Å². The van der Waals surface area contributed by atoms with Crippen LogP contribution in [0.5, 0.6) is 0 Å². The van der Waals surface area contributed by atoms with E-state index < -0.39 is 0 Å². The third-order valence-corrected chi connectivity index (χ3v) is 4.31. The summed E-state index contributed by atoms with van der Waals surface area (Å²) in [5.41, 5.74) is 0.0651. The summed E-state index contributed by atoms with van der Waals surface area (Å²) < 4.78 is 6.05. The molecule has 0 aromatic rings. The minimum Gasteiger partial charge on any atom is -0.374 e. The molecule has 0 aromatic carbocycles. The van der Waals surface area contributed by atoms with Crippen LogP contribution in [0.3, 0.4) is 0 Å². The van der Waals surface area contributed by atoms with Crippen LogP contribution in [0, 0.1) is 5.92 Å². The summed E-state index contributed by atoms with van der Waals surface area (Å²) in [4.78, 5) is 0. The van der Waals surface area contributed by atoms with E-state index in [9.17, 15) is 0 Å². The van der Waals surface area contributed by atoms with E-state index in [1.165, 1.54) is 38.5 Å². The first-order valence-corrected chi connectivity index (χ1v) is 6.97. The van der Waals surface area contributed by atoms with E-state index in [0.717, 1.165) is 12.5 Å². The number of likely N-dealkylation sites (N-methyl/N-ethyl adjacent to an activating group) is 1. The first kappa shape index (κ1) is 14.0. The topological polar surface area (TPSA) is 21.3 Å². The molecule has 0 bridgehead atoms. The monoisotopic (exact) mass is 227 g/mol. The van der Waals surface area contributed by atoms with Crippen molar-refractivity contribution in [3.63, 3.8) is 0 Å². The van der Waals surface area contributed by atoms with Crippen molar-refractivity contribution >= 4 is 0 Å². The molecule has 1 aliphatic rings. The zero-order valence-corrected chi connectivity index (χ0v) is 11.5. The molecule has 2 unspecified atom stereocenters. The molecule has 16 heavy (non-hydrogen) atoms. The zero-order valence-electron chi connectivity index (χ0n) is 11.5. The van der Waals surface area contributed by atoms with E-state index >= 15 is 0 Å². The third-order valence-electron chi connectivity index (χ3n) is 4.31. The fraction of sp³-hybridized carbons (Fsp3) is 1.00. The largest absolute Gasteiger partial charge is 0.374 e. The van der Waals surface area contributed by atoms with Crippen molar-refractivity contribution in [3.8, 4) is 0 Å². The highest BCUT2D eigenvalue weighted by Gasteiger charge is 2.36. The summed E-state index contributed by atoms with van der Waals surface area (Å²) in [6, 6.07) is 0.512. The van der Waals surface area contributed by atoms with Gasteiger partial charge in [-0.15, -0.1) is 0 Å². The molecule has 0 aliphatic carbocycles. The lowest BCUT2D eigenvalue weighted by atomic mass is 9.82. The van der Waals surface area contributed by atoms with Crippen LogP contribution in [-0.4, -0.2) is 25.3 Å². The van der Waals surface area contributed by atoms with Crippen LogP contribution in [0.15, 0.2) is 0 Å². The number of hydrogen-bond donors (Lipinski definition) is 1. The average molecular weight is 227 g/mol. The number of hydrogen-bond acceptors (Lipinski definition) is 2. The van der Waals surface area contributed by atoms with Gasteiger partial charge in [0, 0.05) is 12.6 Å². The Morgan fingerprint density at radius 2 is 1.94 bits per heavy atom. The minimum absolute atomic E-state index is 0.0651. The molecule has 1 N–H and O–H groups in total. The van der Waals surface area contributed by atoms with Gasteiger partial charge in [0.05, 0.1) is 5.60 Å². The second kappa shape index (κ2) is 6.61. The van der Waals surface area contributed by atoms with E-state index in [1.54, 1.807) is 0 Å². The van der Waals surface area contributed by atoms with Crippen molar-refractivity contribution in [1.82, 2.24) is 5.32 Å².